The molecular formula is C20H17BrCl2N4O3. The maximum absolute atomic E-state index is 12.1. The highest BCUT2D eigenvalue weighted by molar-refractivity contribution is 9.10. The van der Waals surface area contributed by atoms with Gasteiger partial charge in [0.25, 0.3) is 0 Å². The van der Waals surface area contributed by atoms with Gasteiger partial charge in [0.15, 0.2) is 11.5 Å². The summed E-state index contributed by atoms with van der Waals surface area (Å²) in [6.45, 7) is 2.59. The molecule has 1 aromatic heterocycles. The van der Waals surface area contributed by atoms with Crippen LogP contribution in [0.3, 0.4) is 0 Å². The van der Waals surface area contributed by atoms with Crippen molar-refractivity contribution in [3.8, 4) is 11.5 Å². The number of ether oxygens (including phenoxy) is 2. The van der Waals surface area contributed by atoms with E-state index in [-0.39, 0.29) is 25.0 Å². The molecule has 1 aliphatic heterocycles. The van der Waals surface area contributed by atoms with Crippen molar-refractivity contribution in [2.24, 2.45) is 0 Å². The van der Waals surface area contributed by atoms with Crippen molar-refractivity contribution < 1.29 is 14.3 Å². The molecule has 1 aliphatic rings. The molecule has 0 radical (unpaired) electrons. The van der Waals surface area contributed by atoms with Gasteiger partial charge in [-0.2, -0.15) is 10.1 Å². The third kappa shape index (κ3) is 4.26. The van der Waals surface area contributed by atoms with Crippen molar-refractivity contribution in [3.63, 3.8) is 0 Å². The summed E-state index contributed by atoms with van der Waals surface area (Å²) in [6, 6.07) is 8.72. The number of anilines is 1. The van der Waals surface area contributed by atoms with Gasteiger partial charge in [-0.1, -0.05) is 29.3 Å². The maximum Gasteiger partial charge on any atom is 0.229 e. The van der Waals surface area contributed by atoms with E-state index in [1.165, 1.54) is 6.33 Å². The molecule has 4 rings (SSSR count). The van der Waals surface area contributed by atoms with Crippen LogP contribution >= 0.6 is 39.1 Å². The molecule has 0 saturated carbocycles. The lowest BCUT2D eigenvalue weighted by molar-refractivity contribution is -0.117. The van der Waals surface area contributed by atoms with E-state index in [9.17, 15) is 4.79 Å². The number of halogens is 3. The van der Waals surface area contributed by atoms with Crippen molar-refractivity contribution in [3.05, 3.63) is 62.3 Å². The summed E-state index contributed by atoms with van der Waals surface area (Å²) < 4.78 is 14.2. The van der Waals surface area contributed by atoms with Gasteiger partial charge in [-0.3, -0.25) is 10.1 Å². The molecule has 0 fully saturated rings. The second-order valence-corrected chi connectivity index (χ2v) is 8.28. The van der Waals surface area contributed by atoms with Gasteiger partial charge in [0.05, 0.1) is 23.5 Å². The number of nitrogens with one attached hydrogen (secondary N) is 1. The van der Waals surface area contributed by atoms with Crippen molar-refractivity contribution >= 4 is 51.0 Å². The first-order chi connectivity index (χ1) is 14.5. The number of benzene rings is 2. The SMILES string of the molecule is CCOc1cc([C@@H]2CC(=O)Nc3ncnn32)cc(Br)c1OCc1ccc(Cl)cc1Cl. The molecule has 1 atom stereocenters. The summed E-state index contributed by atoms with van der Waals surface area (Å²) in [5.41, 5.74) is 1.65. The number of fused-ring (bicyclic) bond motifs is 1. The van der Waals surface area contributed by atoms with Crippen LogP contribution in [0.1, 0.15) is 30.5 Å². The van der Waals surface area contributed by atoms with Crippen molar-refractivity contribution in [2.75, 3.05) is 11.9 Å². The van der Waals surface area contributed by atoms with Crippen LogP contribution in [0.25, 0.3) is 0 Å². The molecule has 0 unspecified atom stereocenters. The smallest absolute Gasteiger partial charge is 0.229 e. The number of nitrogens with zero attached hydrogens (tertiary/aromatic N) is 3. The van der Waals surface area contributed by atoms with Crippen LogP contribution in [0.5, 0.6) is 11.5 Å². The fourth-order valence-electron chi connectivity index (χ4n) is 3.24. The second-order valence-electron chi connectivity index (χ2n) is 6.58. The largest absolute Gasteiger partial charge is 0.490 e. The Labute approximate surface area is 191 Å². The third-order valence-corrected chi connectivity index (χ3v) is 5.78. The second kappa shape index (κ2) is 8.83. The average Bonchev–Trinajstić information content (AvgIpc) is 3.16. The number of hydrogen-bond donors (Lipinski definition) is 1. The third-order valence-electron chi connectivity index (χ3n) is 4.60. The first-order valence-electron chi connectivity index (χ1n) is 9.18. The molecule has 0 bridgehead atoms. The van der Waals surface area contributed by atoms with Gasteiger partial charge in [0, 0.05) is 15.6 Å². The molecule has 0 saturated heterocycles. The van der Waals surface area contributed by atoms with Crippen LogP contribution in [-0.2, 0) is 11.4 Å². The fourth-order valence-corrected chi connectivity index (χ4v) is 4.27. The van der Waals surface area contributed by atoms with Gasteiger partial charge in [-0.05, 0) is 52.7 Å². The Kier molecular flexibility index (Phi) is 6.17. The van der Waals surface area contributed by atoms with E-state index in [4.69, 9.17) is 32.7 Å². The lowest BCUT2D eigenvalue weighted by atomic mass is 10.0. The molecular weight excluding hydrogens is 495 g/mol. The Hall–Kier alpha value is -2.29. The number of aromatic nitrogens is 3. The number of rotatable bonds is 6. The molecule has 156 valence electrons. The lowest BCUT2D eigenvalue weighted by Crippen LogP contribution is -2.29. The van der Waals surface area contributed by atoms with Crippen LogP contribution in [0, 0.1) is 0 Å². The van der Waals surface area contributed by atoms with Crippen molar-refractivity contribution in [2.45, 2.75) is 26.0 Å². The zero-order valence-electron chi connectivity index (χ0n) is 15.9. The molecule has 2 heterocycles. The van der Waals surface area contributed by atoms with E-state index < -0.39 is 0 Å². The van der Waals surface area contributed by atoms with E-state index in [2.05, 4.69) is 31.3 Å². The standard InChI is InChI=1S/C20H17BrCl2N4O3/c1-2-29-17-6-12(16-8-18(28)26-20-24-10-25-27(16)20)5-14(21)19(17)30-9-11-3-4-13(22)7-15(11)23/h3-7,10,16H,2,8-9H2,1H3,(H,24,25,26,28)/t16-/m0/s1. The van der Waals surface area contributed by atoms with Gasteiger partial charge in [0.1, 0.15) is 12.9 Å². The van der Waals surface area contributed by atoms with Gasteiger partial charge < -0.3 is 9.47 Å². The summed E-state index contributed by atoms with van der Waals surface area (Å²) in [5.74, 6) is 1.40. The predicted molar refractivity (Wildman–Crippen MR) is 118 cm³/mol. The Morgan fingerprint density at radius 3 is 2.87 bits per heavy atom. The normalized spacial score (nSPS) is 15.5. The van der Waals surface area contributed by atoms with Gasteiger partial charge >= 0.3 is 0 Å². The first kappa shape index (κ1) is 21.0. The minimum atomic E-state index is -0.300. The zero-order chi connectivity index (χ0) is 21.3. The van der Waals surface area contributed by atoms with Crippen LogP contribution in [0.2, 0.25) is 10.0 Å². The summed E-state index contributed by atoms with van der Waals surface area (Å²) in [5, 5.41) is 8.05. The number of carbonyl (C=O) groups is 1. The molecule has 7 nitrogen and oxygen atoms in total. The summed E-state index contributed by atoms with van der Waals surface area (Å²) in [7, 11) is 0. The van der Waals surface area contributed by atoms with Crippen LogP contribution in [-0.4, -0.2) is 27.3 Å². The summed E-state index contributed by atoms with van der Waals surface area (Å²) >= 11 is 15.8. The summed E-state index contributed by atoms with van der Waals surface area (Å²) in [4.78, 5) is 16.2. The number of carbonyl (C=O) groups excluding carboxylic acids is 1. The number of hydrogen-bond acceptors (Lipinski definition) is 5. The molecule has 0 aliphatic carbocycles. The van der Waals surface area contributed by atoms with Crippen LogP contribution < -0.4 is 14.8 Å². The Balaban J connectivity index is 1.66. The lowest BCUT2D eigenvalue weighted by Gasteiger charge is -2.25. The quantitative estimate of drug-likeness (QED) is 0.488. The maximum atomic E-state index is 12.1. The zero-order valence-corrected chi connectivity index (χ0v) is 19.0. The Morgan fingerprint density at radius 1 is 1.27 bits per heavy atom. The minimum absolute atomic E-state index is 0.118. The molecule has 10 heteroatoms. The molecule has 3 aromatic rings. The van der Waals surface area contributed by atoms with Crippen LogP contribution in [0.4, 0.5) is 5.95 Å². The Bertz CT molecular complexity index is 1110. The summed E-state index contributed by atoms with van der Waals surface area (Å²) in [6.07, 6.45) is 1.66. The van der Waals surface area contributed by atoms with E-state index in [0.29, 0.717) is 38.6 Å². The van der Waals surface area contributed by atoms with Crippen LogP contribution in [0.15, 0.2) is 41.1 Å². The van der Waals surface area contributed by atoms with Crippen molar-refractivity contribution in [1.82, 2.24) is 14.8 Å². The fraction of sp³-hybridized carbons (Fsp3) is 0.250. The van der Waals surface area contributed by atoms with Gasteiger partial charge in [-0.15, -0.1) is 0 Å². The minimum Gasteiger partial charge on any atom is -0.490 e. The van der Waals surface area contributed by atoms with Crippen molar-refractivity contribution in [1.29, 1.82) is 0 Å². The van der Waals surface area contributed by atoms with E-state index in [0.717, 1.165) is 11.1 Å². The molecule has 1 amide bonds. The van der Waals surface area contributed by atoms with E-state index in [1.807, 2.05) is 25.1 Å². The van der Waals surface area contributed by atoms with E-state index in [1.54, 1.807) is 16.8 Å². The Morgan fingerprint density at radius 2 is 2.10 bits per heavy atom. The number of amides is 1. The highest BCUT2D eigenvalue weighted by Crippen LogP contribution is 2.41. The van der Waals surface area contributed by atoms with E-state index >= 15 is 0 Å². The first-order valence-corrected chi connectivity index (χ1v) is 10.7. The topological polar surface area (TPSA) is 78.3 Å². The highest BCUT2D eigenvalue weighted by Gasteiger charge is 2.29. The monoisotopic (exact) mass is 510 g/mol. The molecule has 1 N–H and O–H groups in total. The molecule has 0 spiro atoms. The highest BCUT2D eigenvalue weighted by atomic mass is 79.9. The average molecular weight is 512 g/mol. The molecule has 2 aromatic carbocycles. The predicted octanol–water partition coefficient (Wildman–Crippen LogP) is 5.26. The molecule has 30 heavy (non-hydrogen) atoms. The van der Waals surface area contributed by atoms with Gasteiger partial charge in [-0.25, -0.2) is 4.68 Å². The van der Waals surface area contributed by atoms with Gasteiger partial charge in [0.2, 0.25) is 11.9 Å².